The minimum Gasteiger partial charge on any atom is -0.479 e. The highest BCUT2D eigenvalue weighted by Gasteiger charge is 1.99. The van der Waals surface area contributed by atoms with Gasteiger partial charge in [-0.1, -0.05) is 17.3 Å². The first kappa shape index (κ1) is 11.0. The van der Waals surface area contributed by atoms with Crippen molar-refractivity contribution in [2.45, 2.75) is 6.92 Å². The SMILES string of the molecule is C/C(=N/OCC(=O)O)c1ccc(N)cc1. The Morgan fingerprint density at radius 1 is 1.47 bits per heavy atom. The van der Waals surface area contributed by atoms with Crippen LogP contribution >= 0.6 is 0 Å². The molecule has 0 heterocycles. The number of carboxylic acid groups (broad SMARTS) is 1. The zero-order valence-corrected chi connectivity index (χ0v) is 8.30. The average Bonchev–Trinajstić information content (AvgIpc) is 2.18. The molecule has 5 heteroatoms. The first-order valence-electron chi connectivity index (χ1n) is 4.34. The second kappa shape index (κ2) is 4.99. The maximum Gasteiger partial charge on any atom is 0.344 e. The lowest BCUT2D eigenvalue weighted by molar-refractivity contribution is -0.142. The third kappa shape index (κ3) is 3.68. The number of rotatable bonds is 4. The fraction of sp³-hybridized carbons (Fsp3) is 0.200. The second-order valence-electron chi connectivity index (χ2n) is 2.97. The Kier molecular flexibility index (Phi) is 3.68. The summed E-state index contributed by atoms with van der Waals surface area (Å²) in [7, 11) is 0. The molecule has 0 aromatic heterocycles. The molecule has 0 aliphatic heterocycles. The number of hydrogen-bond donors (Lipinski definition) is 2. The van der Waals surface area contributed by atoms with E-state index in [1.54, 1.807) is 31.2 Å². The maximum atomic E-state index is 10.2. The van der Waals surface area contributed by atoms with Crippen molar-refractivity contribution in [2.75, 3.05) is 12.3 Å². The minimum absolute atomic E-state index is 0.438. The summed E-state index contributed by atoms with van der Waals surface area (Å²) in [5, 5.41) is 12.0. The van der Waals surface area contributed by atoms with Gasteiger partial charge in [0, 0.05) is 5.69 Å². The molecule has 15 heavy (non-hydrogen) atoms. The molecular weight excluding hydrogens is 196 g/mol. The van der Waals surface area contributed by atoms with E-state index in [4.69, 9.17) is 10.8 Å². The van der Waals surface area contributed by atoms with E-state index < -0.39 is 12.6 Å². The molecule has 0 unspecified atom stereocenters. The third-order valence-electron chi connectivity index (χ3n) is 1.72. The van der Waals surface area contributed by atoms with Gasteiger partial charge >= 0.3 is 5.97 Å². The van der Waals surface area contributed by atoms with Crippen molar-refractivity contribution < 1.29 is 14.7 Å². The molecule has 80 valence electrons. The number of aliphatic carboxylic acids is 1. The Morgan fingerprint density at radius 2 is 2.07 bits per heavy atom. The Balaban J connectivity index is 2.63. The second-order valence-corrected chi connectivity index (χ2v) is 2.97. The van der Waals surface area contributed by atoms with Crippen LogP contribution in [0.5, 0.6) is 0 Å². The van der Waals surface area contributed by atoms with Gasteiger partial charge in [-0.2, -0.15) is 0 Å². The third-order valence-corrected chi connectivity index (χ3v) is 1.72. The van der Waals surface area contributed by atoms with Crippen LogP contribution in [0.4, 0.5) is 5.69 Å². The fourth-order valence-electron chi connectivity index (χ4n) is 0.961. The molecule has 0 amide bonds. The molecular formula is C10H12N2O3. The van der Waals surface area contributed by atoms with Crippen molar-refractivity contribution in [2.24, 2.45) is 5.16 Å². The molecule has 3 N–H and O–H groups in total. The van der Waals surface area contributed by atoms with Crippen molar-refractivity contribution in [1.29, 1.82) is 0 Å². The fourth-order valence-corrected chi connectivity index (χ4v) is 0.961. The van der Waals surface area contributed by atoms with Gasteiger partial charge < -0.3 is 15.7 Å². The van der Waals surface area contributed by atoms with Crippen LogP contribution < -0.4 is 5.73 Å². The van der Waals surface area contributed by atoms with E-state index in [1.807, 2.05) is 0 Å². The first-order chi connectivity index (χ1) is 7.09. The van der Waals surface area contributed by atoms with E-state index >= 15 is 0 Å². The number of carbonyl (C=O) groups is 1. The molecule has 0 bridgehead atoms. The molecule has 1 rings (SSSR count). The number of nitrogens with zero attached hydrogens (tertiary/aromatic N) is 1. The Morgan fingerprint density at radius 3 is 2.60 bits per heavy atom. The van der Waals surface area contributed by atoms with E-state index in [9.17, 15) is 4.79 Å². The standard InChI is InChI=1S/C10H12N2O3/c1-7(12-15-6-10(13)14)8-2-4-9(11)5-3-8/h2-5H,6,11H2,1H3,(H,13,14)/b12-7-. The summed E-state index contributed by atoms with van der Waals surface area (Å²) in [6.45, 7) is 1.29. The normalized spacial score (nSPS) is 11.1. The van der Waals surface area contributed by atoms with Gasteiger partial charge in [0.15, 0.2) is 0 Å². The van der Waals surface area contributed by atoms with Crippen molar-refractivity contribution in [3.63, 3.8) is 0 Å². The topological polar surface area (TPSA) is 84.9 Å². The molecule has 0 saturated carbocycles. The monoisotopic (exact) mass is 208 g/mol. The van der Waals surface area contributed by atoms with E-state index in [-0.39, 0.29) is 0 Å². The number of nitrogens with two attached hydrogens (primary N) is 1. The van der Waals surface area contributed by atoms with Gasteiger partial charge in [-0.05, 0) is 24.6 Å². The minimum atomic E-state index is -1.05. The highest BCUT2D eigenvalue weighted by molar-refractivity contribution is 5.98. The van der Waals surface area contributed by atoms with Crippen LogP contribution in [0.1, 0.15) is 12.5 Å². The predicted octanol–water partition coefficient (Wildman–Crippen LogP) is 1.09. The van der Waals surface area contributed by atoms with E-state index in [0.717, 1.165) is 5.56 Å². The highest BCUT2D eigenvalue weighted by Crippen LogP contribution is 2.06. The lowest BCUT2D eigenvalue weighted by atomic mass is 10.1. The van der Waals surface area contributed by atoms with Crippen LogP contribution in [0.15, 0.2) is 29.4 Å². The summed E-state index contributed by atoms with van der Waals surface area (Å²) in [5.41, 5.74) is 7.63. The molecule has 0 radical (unpaired) electrons. The van der Waals surface area contributed by atoms with Crippen LogP contribution in [-0.4, -0.2) is 23.4 Å². The quantitative estimate of drug-likeness (QED) is 0.440. The molecule has 0 aliphatic rings. The predicted molar refractivity (Wildman–Crippen MR) is 56.7 cm³/mol. The zero-order valence-electron chi connectivity index (χ0n) is 8.30. The van der Waals surface area contributed by atoms with Gasteiger partial charge in [-0.15, -0.1) is 0 Å². The van der Waals surface area contributed by atoms with Crippen LogP contribution in [0.25, 0.3) is 0 Å². The highest BCUT2D eigenvalue weighted by atomic mass is 16.6. The van der Waals surface area contributed by atoms with Gasteiger partial charge in [0.1, 0.15) is 0 Å². The number of oxime groups is 1. The van der Waals surface area contributed by atoms with Gasteiger partial charge in [0.05, 0.1) is 5.71 Å². The summed E-state index contributed by atoms with van der Waals surface area (Å²) in [6, 6.07) is 7.06. The molecule has 1 aromatic rings. The summed E-state index contributed by atoms with van der Waals surface area (Å²) in [5.74, 6) is -1.05. The van der Waals surface area contributed by atoms with E-state index in [1.165, 1.54) is 0 Å². The molecule has 0 fully saturated rings. The van der Waals surface area contributed by atoms with Gasteiger partial charge in [0.25, 0.3) is 0 Å². The van der Waals surface area contributed by atoms with Crippen molar-refractivity contribution >= 4 is 17.4 Å². The van der Waals surface area contributed by atoms with Crippen LogP contribution in [0, 0.1) is 0 Å². The van der Waals surface area contributed by atoms with Gasteiger partial charge in [-0.3, -0.25) is 0 Å². The lowest BCUT2D eigenvalue weighted by Crippen LogP contribution is -2.05. The number of carboxylic acids is 1. The van der Waals surface area contributed by atoms with Crippen LogP contribution in [-0.2, 0) is 9.63 Å². The summed E-state index contributed by atoms with van der Waals surface area (Å²) < 4.78 is 0. The number of nitrogen functional groups attached to an aromatic ring is 1. The van der Waals surface area contributed by atoms with Crippen LogP contribution in [0.3, 0.4) is 0 Å². The number of hydrogen-bond acceptors (Lipinski definition) is 4. The molecule has 0 atom stereocenters. The molecule has 5 nitrogen and oxygen atoms in total. The Labute approximate surface area is 87.1 Å². The van der Waals surface area contributed by atoms with Gasteiger partial charge in [0.2, 0.25) is 6.61 Å². The molecule has 0 saturated heterocycles. The zero-order chi connectivity index (χ0) is 11.3. The summed E-state index contributed by atoms with van der Waals surface area (Å²) >= 11 is 0. The molecule has 1 aromatic carbocycles. The Bertz CT molecular complexity index is 371. The maximum absolute atomic E-state index is 10.2. The average molecular weight is 208 g/mol. The van der Waals surface area contributed by atoms with Crippen molar-refractivity contribution in [3.05, 3.63) is 29.8 Å². The largest absolute Gasteiger partial charge is 0.479 e. The van der Waals surface area contributed by atoms with E-state index in [2.05, 4.69) is 9.99 Å². The molecule has 0 aliphatic carbocycles. The van der Waals surface area contributed by atoms with Crippen molar-refractivity contribution in [3.8, 4) is 0 Å². The van der Waals surface area contributed by atoms with Crippen LogP contribution in [0.2, 0.25) is 0 Å². The smallest absolute Gasteiger partial charge is 0.344 e. The molecule has 0 spiro atoms. The number of benzene rings is 1. The Hall–Kier alpha value is -2.04. The first-order valence-corrected chi connectivity index (χ1v) is 4.34. The summed E-state index contributed by atoms with van der Waals surface area (Å²) in [4.78, 5) is 14.7. The summed E-state index contributed by atoms with van der Waals surface area (Å²) in [6.07, 6.45) is 0. The lowest BCUT2D eigenvalue weighted by Gasteiger charge is -2.01. The number of anilines is 1. The van der Waals surface area contributed by atoms with Crippen molar-refractivity contribution in [1.82, 2.24) is 0 Å². The van der Waals surface area contributed by atoms with E-state index in [0.29, 0.717) is 11.4 Å². The van der Waals surface area contributed by atoms with Gasteiger partial charge in [-0.25, -0.2) is 4.79 Å².